The zero-order chi connectivity index (χ0) is 15.1. The fourth-order valence-corrected chi connectivity index (χ4v) is 1.93. The summed E-state index contributed by atoms with van der Waals surface area (Å²) in [5.41, 5.74) is 1.25. The topological polar surface area (TPSA) is 71.3 Å². The SMILES string of the molecule is CC(=O)Nc1ccc(C(=O)NCCCc2ccccc2)o1. The summed E-state index contributed by atoms with van der Waals surface area (Å²) in [7, 11) is 0. The van der Waals surface area contributed by atoms with Gasteiger partial charge in [0.1, 0.15) is 0 Å². The first kappa shape index (κ1) is 14.8. The molecule has 0 bridgehead atoms. The van der Waals surface area contributed by atoms with E-state index in [4.69, 9.17) is 4.42 Å². The predicted molar refractivity (Wildman–Crippen MR) is 80.1 cm³/mol. The minimum absolute atomic E-state index is 0.193. The van der Waals surface area contributed by atoms with Crippen LogP contribution < -0.4 is 10.6 Å². The fraction of sp³-hybridized carbons (Fsp3) is 0.250. The highest BCUT2D eigenvalue weighted by atomic mass is 16.4. The van der Waals surface area contributed by atoms with Crippen LogP contribution in [-0.2, 0) is 11.2 Å². The first-order valence-corrected chi connectivity index (χ1v) is 6.84. The van der Waals surface area contributed by atoms with Gasteiger partial charge in [-0.3, -0.25) is 14.9 Å². The maximum Gasteiger partial charge on any atom is 0.287 e. The molecule has 2 N–H and O–H groups in total. The van der Waals surface area contributed by atoms with Crippen LogP contribution in [-0.4, -0.2) is 18.4 Å². The number of aryl methyl sites for hydroxylation is 1. The Morgan fingerprint density at radius 1 is 1.10 bits per heavy atom. The molecule has 1 aromatic carbocycles. The second kappa shape index (κ2) is 7.28. The van der Waals surface area contributed by atoms with Crippen LogP contribution in [0.25, 0.3) is 0 Å². The number of nitrogens with one attached hydrogen (secondary N) is 2. The van der Waals surface area contributed by atoms with E-state index < -0.39 is 0 Å². The van der Waals surface area contributed by atoms with E-state index in [0.717, 1.165) is 12.8 Å². The van der Waals surface area contributed by atoms with Crippen LogP contribution in [0.4, 0.5) is 5.88 Å². The van der Waals surface area contributed by atoms with Crippen molar-refractivity contribution in [3.63, 3.8) is 0 Å². The van der Waals surface area contributed by atoms with Crippen molar-refractivity contribution in [3.8, 4) is 0 Å². The highest BCUT2D eigenvalue weighted by molar-refractivity contribution is 5.93. The first-order chi connectivity index (χ1) is 10.1. The van der Waals surface area contributed by atoms with Crippen LogP contribution in [0, 0.1) is 0 Å². The second-order valence-corrected chi connectivity index (χ2v) is 4.69. The number of benzene rings is 1. The Morgan fingerprint density at radius 2 is 1.86 bits per heavy atom. The fourth-order valence-electron chi connectivity index (χ4n) is 1.93. The van der Waals surface area contributed by atoms with E-state index in [1.165, 1.54) is 18.6 Å². The Balaban J connectivity index is 1.74. The van der Waals surface area contributed by atoms with E-state index in [9.17, 15) is 9.59 Å². The summed E-state index contributed by atoms with van der Waals surface area (Å²) in [6, 6.07) is 13.2. The summed E-state index contributed by atoms with van der Waals surface area (Å²) in [5.74, 6) is -0.0470. The lowest BCUT2D eigenvalue weighted by Crippen LogP contribution is -2.24. The van der Waals surface area contributed by atoms with Crippen molar-refractivity contribution in [1.29, 1.82) is 0 Å². The minimum atomic E-state index is -0.278. The molecule has 0 saturated heterocycles. The molecule has 0 fully saturated rings. The quantitative estimate of drug-likeness (QED) is 0.802. The first-order valence-electron chi connectivity index (χ1n) is 6.84. The van der Waals surface area contributed by atoms with E-state index in [2.05, 4.69) is 22.8 Å². The average molecular weight is 286 g/mol. The number of hydrogen-bond donors (Lipinski definition) is 2. The van der Waals surface area contributed by atoms with Crippen molar-refractivity contribution in [2.45, 2.75) is 19.8 Å². The van der Waals surface area contributed by atoms with Crippen molar-refractivity contribution < 1.29 is 14.0 Å². The lowest BCUT2D eigenvalue weighted by Gasteiger charge is -2.03. The molecule has 1 heterocycles. The van der Waals surface area contributed by atoms with Gasteiger partial charge in [-0.05, 0) is 24.5 Å². The number of amides is 2. The molecule has 2 aromatic rings. The zero-order valence-corrected chi connectivity index (χ0v) is 11.9. The molecule has 5 nitrogen and oxygen atoms in total. The molecule has 21 heavy (non-hydrogen) atoms. The Labute approximate surface area is 123 Å². The maximum atomic E-state index is 11.8. The Morgan fingerprint density at radius 3 is 2.57 bits per heavy atom. The molecule has 0 saturated carbocycles. The van der Waals surface area contributed by atoms with Gasteiger partial charge in [-0.15, -0.1) is 0 Å². The number of carbonyl (C=O) groups is 2. The molecule has 0 aliphatic carbocycles. The molecule has 0 atom stereocenters. The number of hydrogen-bond acceptors (Lipinski definition) is 3. The molecular formula is C16H18N2O3. The molecule has 2 rings (SSSR count). The van der Waals surface area contributed by atoms with Gasteiger partial charge in [-0.1, -0.05) is 30.3 Å². The van der Waals surface area contributed by atoms with Crippen molar-refractivity contribution in [2.75, 3.05) is 11.9 Å². The van der Waals surface area contributed by atoms with Gasteiger partial charge in [-0.25, -0.2) is 0 Å². The number of rotatable bonds is 6. The monoisotopic (exact) mass is 286 g/mol. The van der Waals surface area contributed by atoms with Crippen LogP contribution in [0.3, 0.4) is 0 Å². The van der Waals surface area contributed by atoms with Crippen LogP contribution in [0.15, 0.2) is 46.9 Å². The lowest BCUT2D eigenvalue weighted by molar-refractivity contribution is -0.114. The third-order valence-corrected chi connectivity index (χ3v) is 2.90. The summed E-state index contributed by atoms with van der Waals surface area (Å²) in [4.78, 5) is 22.7. The highest BCUT2D eigenvalue weighted by Gasteiger charge is 2.10. The molecule has 0 aliphatic heterocycles. The van der Waals surface area contributed by atoms with Gasteiger partial charge >= 0.3 is 0 Å². The normalized spacial score (nSPS) is 10.1. The van der Waals surface area contributed by atoms with Gasteiger partial charge in [0.2, 0.25) is 5.91 Å². The summed E-state index contributed by atoms with van der Waals surface area (Å²) in [5, 5.41) is 5.27. The van der Waals surface area contributed by atoms with Gasteiger partial charge in [-0.2, -0.15) is 0 Å². The van der Waals surface area contributed by atoms with E-state index >= 15 is 0 Å². The van der Waals surface area contributed by atoms with E-state index in [0.29, 0.717) is 6.54 Å². The molecule has 110 valence electrons. The van der Waals surface area contributed by atoms with Crippen LogP contribution in [0.1, 0.15) is 29.5 Å². The van der Waals surface area contributed by atoms with Gasteiger partial charge < -0.3 is 9.73 Å². The number of furan rings is 1. The number of carbonyl (C=O) groups excluding carboxylic acids is 2. The van der Waals surface area contributed by atoms with E-state index in [1.54, 1.807) is 6.07 Å². The summed E-state index contributed by atoms with van der Waals surface area (Å²) in [6.45, 7) is 1.95. The third-order valence-electron chi connectivity index (χ3n) is 2.90. The lowest BCUT2D eigenvalue weighted by atomic mass is 10.1. The van der Waals surface area contributed by atoms with Crippen molar-refractivity contribution >= 4 is 17.7 Å². The Hall–Kier alpha value is -2.56. The Kier molecular flexibility index (Phi) is 5.15. The molecule has 0 aliphatic rings. The standard InChI is InChI=1S/C16H18N2O3/c1-12(19)18-15-10-9-14(21-15)16(20)17-11-5-8-13-6-3-2-4-7-13/h2-4,6-7,9-10H,5,8,11H2,1H3,(H,17,20)(H,18,19). The van der Waals surface area contributed by atoms with Crippen molar-refractivity contribution in [2.24, 2.45) is 0 Å². The molecule has 2 amide bonds. The molecule has 0 spiro atoms. The van der Waals surface area contributed by atoms with Crippen molar-refractivity contribution in [1.82, 2.24) is 5.32 Å². The average Bonchev–Trinajstić information content (AvgIpc) is 2.92. The molecule has 0 unspecified atom stereocenters. The summed E-state index contributed by atoms with van der Waals surface area (Å²) >= 11 is 0. The van der Waals surface area contributed by atoms with Gasteiger partial charge in [0, 0.05) is 19.5 Å². The predicted octanol–water partition coefficient (Wildman–Crippen LogP) is 2.60. The largest absolute Gasteiger partial charge is 0.435 e. The minimum Gasteiger partial charge on any atom is -0.435 e. The summed E-state index contributed by atoms with van der Waals surface area (Å²) in [6.07, 6.45) is 1.77. The zero-order valence-electron chi connectivity index (χ0n) is 11.9. The van der Waals surface area contributed by atoms with Gasteiger partial charge in [0.15, 0.2) is 11.6 Å². The van der Waals surface area contributed by atoms with Gasteiger partial charge in [0.25, 0.3) is 5.91 Å². The molecule has 5 heteroatoms. The van der Waals surface area contributed by atoms with Gasteiger partial charge in [0.05, 0.1) is 0 Å². The maximum absolute atomic E-state index is 11.8. The second-order valence-electron chi connectivity index (χ2n) is 4.69. The van der Waals surface area contributed by atoms with E-state index in [-0.39, 0.29) is 23.5 Å². The van der Waals surface area contributed by atoms with Crippen LogP contribution >= 0.6 is 0 Å². The molecular weight excluding hydrogens is 268 g/mol. The molecule has 0 radical (unpaired) electrons. The smallest absolute Gasteiger partial charge is 0.287 e. The Bertz CT molecular complexity index is 605. The highest BCUT2D eigenvalue weighted by Crippen LogP contribution is 2.13. The third kappa shape index (κ3) is 4.80. The molecule has 1 aromatic heterocycles. The van der Waals surface area contributed by atoms with Crippen LogP contribution in [0.5, 0.6) is 0 Å². The van der Waals surface area contributed by atoms with E-state index in [1.807, 2.05) is 18.2 Å². The summed E-state index contributed by atoms with van der Waals surface area (Å²) < 4.78 is 5.23. The number of anilines is 1. The van der Waals surface area contributed by atoms with Crippen LogP contribution in [0.2, 0.25) is 0 Å². The van der Waals surface area contributed by atoms with Crippen molar-refractivity contribution in [3.05, 3.63) is 53.8 Å².